The third kappa shape index (κ3) is 6.41. The van der Waals surface area contributed by atoms with Gasteiger partial charge in [0.25, 0.3) is 0 Å². The van der Waals surface area contributed by atoms with Gasteiger partial charge in [-0.2, -0.15) is 4.31 Å². The molecule has 7 nitrogen and oxygen atoms in total. The summed E-state index contributed by atoms with van der Waals surface area (Å²) >= 11 is 0. The number of nitrogens with one attached hydrogen (secondary N) is 1. The average Bonchev–Trinajstić information content (AvgIpc) is 2.81. The number of rotatable bonds is 10. The molecule has 180 valence electrons. The van der Waals surface area contributed by atoms with E-state index in [0.29, 0.717) is 31.1 Å². The molecule has 0 aromatic heterocycles. The molecular formula is C25H35N3O4S. The van der Waals surface area contributed by atoms with E-state index in [0.717, 1.165) is 24.2 Å². The van der Waals surface area contributed by atoms with E-state index in [-0.39, 0.29) is 23.3 Å². The van der Waals surface area contributed by atoms with Crippen LogP contribution in [0.3, 0.4) is 0 Å². The van der Waals surface area contributed by atoms with Crippen LogP contribution in [0.15, 0.2) is 53.4 Å². The fourth-order valence-corrected chi connectivity index (χ4v) is 5.84. The van der Waals surface area contributed by atoms with Crippen molar-refractivity contribution in [3.8, 4) is 5.75 Å². The van der Waals surface area contributed by atoms with Crippen molar-refractivity contribution in [1.82, 2.24) is 14.5 Å². The molecule has 2 atom stereocenters. The average molecular weight is 474 g/mol. The zero-order valence-corrected chi connectivity index (χ0v) is 20.8. The Morgan fingerprint density at radius 2 is 1.94 bits per heavy atom. The van der Waals surface area contributed by atoms with Crippen LogP contribution in [0.5, 0.6) is 5.75 Å². The van der Waals surface area contributed by atoms with Crippen LogP contribution in [0.4, 0.5) is 0 Å². The number of carbonyl (C=O) groups excluding carboxylic acids is 1. The summed E-state index contributed by atoms with van der Waals surface area (Å²) in [6.07, 6.45) is 1.91. The summed E-state index contributed by atoms with van der Waals surface area (Å²) in [6.45, 7) is 3.84. The number of piperidine rings is 1. The Morgan fingerprint density at radius 1 is 1.21 bits per heavy atom. The molecule has 0 saturated carbocycles. The summed E-state index contributed by atoms with van der Waals surface area (Å²) in [5, 5.41) is 3.24. The highest BCUT2D eigenvalue weighted by Gasteiger charge is 2.29. The van der Waals surface area contributed by atoms with Gasteiger partial charge in [-0.3, -0.25) is 4.79 Å². The lowest BCUT2D eigenvalue weighted by atomic mass is 10.0. The molecule has 0 bridgehead atoms. The van der Waals surface area contributed by atoms with E-state index in [2.05, 4.69) is 17.1 Å². The van der Waals surface area contributed by atoms with Crippen LogP contribution >= 0.6 is 0 Å². The number of Topliss-reactive ketones (excluding diaryl/α,β-unsaturated/α-hetero) is 1. The van der Waals surface area contributed by atoms with Crippen LogP contribution in [0.2, 0.25) is 0 Å². The minimum Gasteiger partial charge on any atom is -0.497 e. The Kier molecular flexibility index (Phi) is 8.64. The zero-order valence-electron chi connectivity index (χ0n) is 20.0. The van der Waals surface area contributed by atoms with Gasteiger partial charge >= 0.3 is 0 Å². The Morgan fingerprint density at radius 3 is 2.58 bits per heavy atom. The maximum Gasteiger partial charge on any atom is 0.243 e. The van der Waals surface area contributed by atoms with Gasteiger partial charge < -0.3 is 15.0 Å². The number of hydrogen-bond donors (Lipinski definition) is 1. The molecule has 2 unspecified atom stereocenters. The van der Waals surface area contributed by atoms with Gasteiger partial charge in [-0.15, -0.1) is 0 Å². The molecule has 1 aliphatic rings. The Bertz CT molecular complexity index is 1040. The summed E-state index contributed by atoms with van der Waals surface area (Å²) in [6, 6.07) is 14.4. The van der Waals surface area contributed by atoms with E-state index in [4.69, 9.17) is 4.74 Å². The highest BCUT2D eigenvalue weighted by atomic mass is 32.2. The van der Waals surface area contributed by atoms with Crippen LogP contribution in [0, 0.1) is 5.92 Å². The van der Waals surface area contributed by atoms with Gasteiger partial charge in [0.1, 0.15) is 5.75 Å². The smallest absolute Gasteiger partial charge is 0.243 e. The first-order chi connectivity index (χ1) is 15.7. The quantitative estimate of drug-likeness (QED) is 0.534. The van der Waals surface area contributed by atoms with E-state index in [9.17, 15) is 13.2 Å². The van der Waals surface area contributed by atoms with E-state index >= 15 is 0 Å². The fourth-order valence-electron chi connectivity index (χ4n) is 4.19. The van der Waals surface area contributed by atoms with Crippen molar-refractivity contribution in [2.45, 2.75) is 30.7 Å². The van der Waals surface area contributed by atoms with Crippen molar-refractivity contribution < 1.29 is 17.9 Å². The van der Waals surface area contributed by atoms with Gasteiger partial charge in [-0.05, 0) is 62.7 Å². The molecule has 33 heavy (non-hydrogen) atoms. The Labute approximate surface area is 197 Å². The first-order valence-electron chi connectivity index (χ1n) is 11.4. The van der Waals surface area contributed by atoms with Gasteiger partial charge in [0.05, 0.1) is 18.6 Å². The minimum atomic E-state index is -3.59. The van der Waals surface area contributed by atoms with Crippen LogP contribution in [-0.4, -0.2) is 70.8 Å². The van der Waals surface area contributed by atoms with Gasteiger partial charge in [-0.25, -0.2) is 8.42 Å². The second-order valence-corrected chi connectivity index (χ2v) is 10.9. The molecule has 2 aromatic carbocycles. The molecular weight excluding hydrogens is 438 g/mol. The van der Waals surface area contributed by atoms with Crippen molar-refractivity contribution in [3.05, 3.63) is 59.7 Å². The van der Waals surface area contributed by atoms with Crippen molar-refractivity contribution in [2.75, 3.05) is 47.4 Å². The molecule has 0 amide bonds. The molecule has 1 N–H and O–H groups in total. The Hall–Kier alpha value is -2.26. The number of methoxy groups -OCH3 is 1. The molecule has 1 aliphatic heterocycles. The predicted molar refractivity (Wildman–Crippen MR) is 130 cm³/mol. The van der Waals surface area contributed by atoms with E-state index in [1.807, 2.05) is 38.4 Å². The summed E-state index contributed by atoms with van der Waals surface area (Å²) in [4.78, 5) is 15.1. The molecule has 2 aromatic rings. The number of benzene rings is 2. The topological polar surface area (TPSA) is 78.9 Å². The van der Waals surface area contributed by atoms with Crippen molar-refractivity contribution in [2.24, 2.45) is 5.92 Å². The van der Waals surface area contributed by atoms with Gasteiger partial charge in [0.15, 0.2) is 5.78 Å². The lowest BCUT2D eigenvalue weighted by molar-refractivity contribution is 0.0988. The highest BCUT2D eigenvalue weighted by molar-refractivity contribution is 7.89. The van der Waals surface area contributed by atoms with Crippen molar-refractivity contribution in [1.29, 1.82) is 0 Å². The van der Waals surface area contributed by atoms with Crippen LogP contribution in [0.25, 0.3) is 0 Å². The van der Waals surface area contributed by atoms with Gasteiger partial charge in [0.2, 0.25) is 10.0 Å². The van der Waals surface area contributed by atoms with Crippen LogP contribution in [0.1, 0.15) is 41.7 Å². The maximum absolute atomic E-state index is 13.1. The molecule has 8 heteroatoms. The first-order valence-corrected chi connectivity index (χ1v) is 12.8. The number of ether oxygens (including phenoxy) is 1. The SMILES string of the molecule is COc1ccc(C(CNCC(=O)c2cccc(S(=O)(=O)N3CCCC(C)C3)c2)N(C)C)cc1. The third-order valence-electron chi connectivity index (χ3n) is 6.16. The Balaban J connectivity index is 1.64. The van der Waals surface area contributed by atoms with Gasteiger partial charge in [0, 0.05) is 31.2 Å². The van der Waals surface area contributed by atoms with E-state index in [1.165, 1.54) is 6.07 Å². The monoisotopic (exact) mass is 473 g/mol. The number of nitrogens with zero attached hydrogens (tertiary/aromatic N) is 2. The number of sulfonamides is 1. The summed E-state index contributed by atoms with van der Waals surface area (Å²) in [7, 11) is 2.03. The number of hydrogen-bond acceptors (Lipinski definition) is 6. The second kappa shape index (κ2) is 11.2. The summed E-state index contributed by atoms with van der Waals surface area (Å²) in [5.74, 6) is 1.01. The van der Waals surface area contributed by atoms with E-state index < -0.39 is 10.0 Å². The molecule has 0 aliphatic carbocycles. The predicted octanol–water partition coefficient (Wildman–Crippen LogP) is 3.19. The summed E-state index contributed by atoms with van der Waals surface area (Å²) < 4.78 is 32.9. The highest BCUT2D eigenvalue weighted by Crippen LogP contribution is 2.24. The number of likely N-dealkylation sites (N-methyl/N-ethyl adjacent to an activating group) is 1. The van der Waals surface area contributed by atoms with Gasteiger partial charge in [-0.1, -0.05) is 31.2 Å². The summed E-state index contributed by atoms with van der Waals surface area (Å²) in [5.41, 5.74) is 1.52. The van der Waals surface area contributed by atoms with Crippen molar-refractivity contribution in [3.63, 3.8) is 0 Å². The largest absolute Gasteiger partial charge is 0.497 e. The third-order valence-corrected chi connectivity index (χ3v) is 8.02. The number of carbonyl (C=O) groups is 1. The van der Waals surface area contributed by atoms with Crippen molar-refractivity contribution >= 4 is 15.8 Å². The lowest BCUT2D eigenvalue weighted by Gasteiger charge is -2.30. The first kappa shape index (κ1) is 25.4. The molecule has 1 fully saturated rings. The fraction of sp³-hybridized carbons (Fsp3) is 0.480. The van der Waals surface area contributed by atoms with Crippen LogP contribution in [-0.2, 0) is 10.0 Å². The standard InChI is InChI=1S/C25H35N3O4S/c1-19-7-6-14-28(18-19)33(30,31)23-9-5-8-21(15-23)25(29)17-26-16-24(27(2)3)20-10-12-22(32-4)13-11-20/h5,8-13,15,19,24,26H,6-7,14,16-18H2,1-4H3. The molecule has 1 saturated heterocycles. The van der Waals surface area contributed by atoms with Crippen LogP contribution < -0.4 is 10.1 Å². The van der Waals surface area contributed by atoms with E-state index in [1.54, 1.807) is 29.6 Å². The number of ketones is 1. The molecule has 1 heterocycles. The molecule has 0 radical (unpaired) electrons. The molecule has 3 rings (SSSR count). The zero-order chi connectivity index (χ0) is 24.0. The molecule has 0 spiro atoms. The minimum absolute atomic E-state index is 0.0801. The maximum atomic E-state index is 13.1. The normalized spacial score (nSPS) is 18.3. The second-order valence-electron chi connectivity index (χ2n) is 8.94. The lowest BCUT2D eigenvalue weighted by Crippen LogP contribution is -2.39.